The first-order valence-electron chi connectivity index (χ1n) is 6.76. The number of ether oxygens (including phenoxy) is 1. The van der Waals surface area contributed by atoms with E-state index < -0.39 is 11.6 Å². The Morgan fingerprint density at radius 1 is 1.17 bits per heavy atom. The molecule has 116 valence electrons. The highest BCUT2D eigenvalue weighted by atomic mass is 32.2. The molecule has 0 saturated heterocycles. The summed E-state index contributed by atoms with van der Waals surface area (Å²) in [5, 5.41) is 9.29. The van der Waals surface area contributed by atoms with Crippen LogP contribution in [0.3, 0.4) is 0 Å². The number of benzene rings is 2. The van der Waals surface area contributed by atoms with Crippen LogP contribution in [0.5, 0.6) is 5.75 Å². The van der Waals surface area contributed by atoms with Crippen LogP contribution in [0.2, 0.25) is 0 Å². The number of halogens is 2. The normalized spacial score (nSPS) is 10.7. The fraction of sp³-hybridized carbons (Fsp3) is 0.125. The predicted octanol–water partition coefficient (Wildman–Crippen LogP) is 3.88. The summed E-state index contributed by atoms with van der Waals surface area (Å²) in [7, 11) is 0. The van der Waals surface area contributed by atoms with Crippen LogP contribution in [0.1, 0.15) is 5.56 Å². The van der Waals surface area contributed by atoms with Crippen molar-refractivity contribution in [2.24, 2.45) is 0 Å². The number of thioether (sulfide) groups is 1. The molecule has 2 aromatic carbocycles. The van der Waals surface area contributed by atoms with Gasteiger partial charge < -0.3 is 9.72 Å². The predicted molar refractivity (Wildman–Crippen MR) is 83.4 cm³/mol. The number of imidazole rings is 1. The Kier molecular flexibility index (Phi) is 4.44. The molecule has 0 fully saturated rings. The van der Waals surface area contributed by atoms with Crippen LogP contribution in [0.25, 0.3) is 11.0 Å². The maximum absolute atomic E-state index is 13.1. The molecular weight excluding hydrogens is 320 g/mol. The smallest absolute Gasteiger partial charge is 0.166 e. The second-order valence-electron chi connectivity index (χ2n) is 4.66. The molecule has 3 rings (SSSR count). The van der Waals surface area contributed by atoms with Crippen LogP contribution in [-0.2, 0) is 0 Å². The number of aromatic amines is 1. The van der Waals surface area contributed by atoms with Gasteiger partial charge in [-0.3, -0.25) is 0 Å². The lowest BCUT2D eigenvalue weighted by Gasteiger charge is -2.04. The van der Waals surface area contributed by atoms with Gasteiger partial charge in [-0.2, -0.15) is 5.26 Å². The van der Waals surface area contributed by atoms with E-state index in [-0.39, 0.29) is 0 Å². The lowest BCUT2D eigenvalue weighted by molar-refractivity contribution is 0.344. The van der Waals surface area contributed by atoms with Crippen molar-refractivity contribution in [1.82, 2.24) is 9.97 Å². The molecule has 1 aromatic heterocycles. The van der Waals surface area contributed by atoms with Crippen molar-refractivity contribution in [2.45, 2.75) is 5.16 Å². The van der Waals surface area contributed by atoms with E-state index in [1.165, 1.54) is 11.8 Å². The molecular formula is C16H11F2N3OS. The molecule has 4 nitrogen and oxygen atoms in total. The van der Waals surface area contributed by atoms with E-state index >= 15 is 0 Å². The number of nitriles is 1. The monoisotopic (exact) mass is 331 g/mol. The first-order chi connectivity index (χ1) is 11.2. The SMILES string of the molecule is N#Cc1ccc(OCCSc2nc3cc(F)c(F)cc3[nH]2)cc1. The van der Waals surface area contributed by atoms with Crippen molar-refractivity contribution in [1.29, 1.82) is 5.26 Å². The van der Waals surface area contributed by atoms with Gasteiger partial charge in [0, 0.05) is 17.9 Å². The highest BCUT2D eigenvalue weighted by Crippen LogP contribution is 2.22. The summed E-state index contributed by atoms with van der Waals surface area (Å²) in [6.45, 7) is 0.441. The minimum atomic E-state index is -0.912. The first kappa shape index (κ1) is 15.3. The standard InChI is InChI=1S/C16H11F2N3OS/c17-12-7-14-15(8-13(12)18)21-16(20-14)23-6-5-22-11-3-1-10(9-19)2-4-11/h1-4,7-8H,5-6H2,(H,20,21). The summed E-state index contributed by atoms with van der Waals surface area (Å²) in [5.74, 6) is -0.518. The lowest BCUT2D eigenvalue weighted by Crippen LogP contribution is -2.00. The number of rotatable bonds is 5. The van der Waals surface area contributed by atoms with E-state index in [0.717, 1.165) is 12.1 Å². The van der Waals surface area contributed by atoms with Gasteiger partial charge in [-0.1, -0.05) is 11.8 Å². The first-order valence-corrected chi connectivity index (χ1v) is 7.75. The molecule has 3 aromatic rings. The zero-order valence-electron chi connectivity index (χ0n) is 11.8. The third-order valence-corrected chi connectivity index (χ3v) is 3.91. The Hall–Kier alpha value is -2.59. The maximum atomic E-state index is 13.1. The molecule has 0 aliphatic heterocycles. The Morgan fingerprint density at radius 3 is 2.65 bits per heavy atom. The molecule has 0 amide bonds. The second kappa shape index (κ2) is 6.67. The number of aromatic nitrogens is 2. The van der Waals surface area contributed by atoms with Gasteiger partial charge in [0.1, 0.15) is 5.75 Å². The van der Waals surface area contributed by atoms with Gasteiger partial charge in [0.15, 0.2) is 16.8 Å². The zero-order valence-corrected chi connectivity index (χ0v) is 12.7. The number of H-pyrrole nitrogens is 1. The molecule has 0 atom stereocenters. The molecule has 1 heterocycles. The van der Waals surface area contributed by atoms with Crippen LogP contribution in [0, 0.1) is 23.0 Å². The third-order valence-electron chi connectivity index (χ3n) is 3.08. The van der Waals surface area contributed by atoms with Crippen molar-refractivity contribution in [3.8, 4) is 11.8 Å². The molecule has 0 aliphatic carbocycles. The van der Waals surface area contributed by atoms with Gasteiger partial charge in [0.2, 0.25) is 0 Å². The third kappa shape index (κ3) is 3.60. The Bertz CT molecular complexity index is 832. The number of fused-ring (bicyclic) bond motifs is 1. The number of hydrogen-bond donors (Lipinski definition) is 1. The molecule has 0 unspecified atom stereocenters. The molecule has 0 saturated carbocycles. The van der Waals surface area contributed by atoms with Crippen molar-refractivity contribution < 1.29 is 13.5 Å². The second-order valence-corrected chi connectivity index (χ2v) is 5.74. The van der Waals surface area contributed by atoms with Gasteiger partial charge in [-0.15, -0.1) is 0 Å². The minimum absolute atomic E-state index is 0.388. The van der Waals surface area contributed by atoms with E-state index in [1.807, 2.05) is 6.07 Å². The van der Waals surface area contributed by atoms with Crippen molar-refractivity contribution in [3.05, 3.63) is 53.6 Å². The summed E-state index contributed by atoms with van der Waals surface area (Å²) in [6, 6.07) is 11.0. The fourth-order valence-corrected chi connectivity index (χ4v) is 2.68. The summed E-state index contributed by atoms with van der Waals surface area (Å²) in [5.41, 5.74) is 1.42. The lowest BCUT2D eigenvalue weighted by atomic mass is 10.2. The van der Waals surface area contributed by atoms with Crippen molar-refractivity contribution in [2.75, 3.05) is 12.4 Å². The van der Waals surface area contributed by atoms with Crippen LogP contribution in [0.15, 0.2) is 41.6 Å². The largest absolute Gasteiger partial charge is 0.493 e. The Morgan fingerprint density at radius 2 is 1.91 bits per heavy atom. The highest BCUT2D eigenvalue weighted by molar-refractivity contribution is 7.99. The molecule has 0 spiro atoms. The average Bonchev–Trinajstić information content (AvgIpc) is 2.94. The van der Waals surface area contributed by atoms with Crippen molar-refractivity contribution in [3.63, 3.8) is 0 Å². The Labute approximate surface area is 135 Å². The van der Waals surface area contributed by atoms with E-state index in [9.17, 15) is 8.78 Å². The number of nitrogens with zero attached hydrogens (tertiary/aromatic N) is 2. The topological polar surface area (TPSA) is 61.7 Å². The van der Waals surface area contributed by atoms with Gasteiger partial charge in [0.25, 0.3) is 0 Å². The quantitative estimate of drug-likeness (QED) is 0.569. The van der Waals surface area contributed by atoms with Gasteiger partial charge >= 0.3 is 0 Å². The molecule has 0 aliphatic rings. The molecule has 23 heavy (non-hydrogen) atoms. The van der Waals surface area contributed by atoms with Crippen LogP contribution >= 0.6 is 11.8 Å². The number of nitrogens with one attached hydrogen (secondary N) is 1. The van der Waals surface area contributed by atoms with E-state index in [4.69, 9.17) is 10.00 Å². The molecule has 0 radical (unpaired) electrons. The van der Waals surface area contributed by atoms with Crippen LogP contribution < -0.4 is 4.74 Å². The molecule has 0 bridgehead atoms. The fourth-order valence-electron chi connectivity index (χ4n) is 1.97. The molecule has 1 N–H and O–H groups in total. The van der Waals surface area contributed by atoms with Gasteiger partial charge in [0.05, 0.1) is 29.3 Å². The Balaban J connectivity index is 1.55. The maximum Gasteiger partial charge on any atom is 0.166 e. The van der Waals surface area contributed by atoms with Crippen LogP contribution in [-0.4, -0.2) is 22.3 Å². The summed E-state index contributed by atoms with van der Waals surface area (Å²) < 4.78 is 31.8. The minimum Gasteiger partial charge on any atom is -0.493 e. The highest BCUT2D eigenvalue weighted by Gasteiger charge is 2.09. The van der Waals surface area contributed by atoms with E-state index in [1.54, 1.807) is 24.3 Å². The molecule has 7 heteroatoms. The van der Waals surface area contributed by atoms with Gasteiger partial charge in [-0.25, -0.2) is 13.8 Å². The van der Waals surface area contributed by atoms with Gasteiger partial charge in [-0.05, 0) is 24.3 Å². The zero-order chi connectivity index (χ0) is 16.2. The summed E-state index contributed by atoms with van der Waals surface area (Å²) in [6.07, 6.45) is 0. The van der Waals surface area contributed by atoms with Crippen molar-refractivity contribution >= 4 is 22.8 Å². The van der Waals surface area contributed by atoms with E-state index in [2.05, 4.69) is 9.97 Å². The summed E-state index contributed by atoms with van der Waals surface area (Å²) >= 11 is 1.40. The number of hydrogen-bond acceptors (Lipinski definition) is 4. The average molecular weight is 331 g/mol. The van der Waals surface area contributed by atoms with E-state index in [0.29, 0.717) is 39.9 Å². The summed E-state index contributed by atoms with van der Waals surface area (Å²) in [4.78, 5) is 7.12. The van der Waals surface area contributed by atoms with Crippen LogP contribution in [0.4, 0.5) is 8.78 Å².